The number of aromatic nitrogens is 4. The number of ether oxygens (including phenoxy) is 1. The van der Waals surface area contributed by atoms with Gasteiger partial charge in [-0.1, -0.05) is 6.07 Å². The summed E-state index contributed by atoms with van der Waals surface area (Å²) in [7, 11) is 0. The second kappa shape index (κ2) is 7.19. The molecule has 1 fully saturated rings. The Bertz CT molecular complexity index is 1030. The summed E-state index contributed by atoms with van der Waals surface area (Å²) in [5.74, 6) is 0. The van der Waals surface area contributed by atoms with E-state index in [1.54, 1.807) is 11.3 Å². The summed E-state index contributed by atoms with van der Waals surface area (Å²) in [6.07, 6.45) is 7.56. The molecule has 4 aromatic rings. The molecule has 1 aliphatic rings. The monoisotopic (exact) mass is 377 g/mol. The SMILES string of the molecule is c1cc(-c2ccncc2)n2cc([C@H]3CN(Cc4nccs4)CCO3)nc2c1. The molecule has 0 aliphatic carbocycles. The van der Waals surface area contributed by atoms with Gasteiger partial charge in [0, 0.05) is 48.8 Å². The van der Waals surface area contributed by atoms with Crippen LogP contribution < -0.4 is 0 Å². The van der Waals surface area contributed by atoms with E-state index in [1.165, 1.54) is 0 Å². The first-order valence-electron chi connectivity index (χ1n) is 8.97. The molecule has 0 spiro atoms. The Kier molecular flexibility index (Phi) is 4.41. The molecular formula is C20H19N5OS. The van der Waals surface area contributed by atoms with Crippen LogP contribution in [0.1, 0.15) is 16.8 Å². The van der Waals surface area contributed by atoms with Crippen LogP contribution in [-0.2, 0) is 11.3 Å². The predicted molar refractivity (Wildman–Crippen MR) is 105 cm³/mol. The van der Waals surface area contributed by atoms with Crippen LogP contribution in [0.15, 0.2) is 60.5 Å². The zero-order valence-electron chi connectivity index (χ0n) is 14.7. The highest BCUT2D eigenvalue weighted by atomic mass is 32.1. The molecule has 0 aromatic carbocycles. The Morgan fingerprint density at radius 2 is 2.07 bits per heavy atom. The van der Waals surface area contributed by atoms with Crippen molar-refractivity contribution in [2.45, 2.75) is 12.6 Å². The van der Waals surface area contributed by atoms with Crippen molar-refractivity contribution in [3.8, 4) is 11.3 Å². The average molecular weight is 377 g/mol. The van der Waals surface area contributed by atoms with E-state index >= 15 is 0 Å². The van der Waals surface area contributed by atoms with Gasteiger partial charge in [-0.25, -0.2) is 9.97 Å². The summed E-state index contributed by atoms with van der Waals surface area (Å²) in [4.78, 5) is 15.7. The predicted octanol–water partition coefficient (Wildman–Crippen LogP) is 3.43. The zero-order chi connectivity index (χ0) is 18.1. The molecule has 0 radical (unpaired) electrons. The largest absolute Gasteiger partial charge is 0.369 e. The summed E-state index contributed by atoms with van der Waals surface area (Å²) in [5, 5.41) is 3.17. The first-order chi connectivity index (χ1) is 13.4. The average Bonchev–Trinajstić information content (AvgIpc) is 3.38. The number of nitrogens with zero attached hydrogens (tertiary/aromatic N) is 5. The Morgan fingerprint density at radius 1 is 1.15 bits per heavy atom. The lowest BCUT2D eigenvalue weighted by atomic mass is 10.2. The van der Waals surface area contributed by atoms with E-state index < -0.39 is 0 Å². The van der Waals surface area contributed by atoms with Gasteiger partial charge in [0.2, 0.25) is 0 Å². The minimum atomic E-state index is -0.0242. The van der Waals surface area contributed by atoms with E-state index in [2.05, 4.69) is 31.5 Å². The third kappa shape index (κ3) is 3.37. The fraction of sp³-hybridized carbons (Fsp3) is 0.250. The molecule has 0 unspecified atom stereocenters. The first-order valence-corrected chi connectivity index (χ1v) is 9.85. The minimum absolute atomic E-state index is 0.0242. The number of hydrogen-bond donors (Lipinski definition) is 0. The van der Waals surface area contributed by atoms with Crippen molar-refractivity contribution in [1.82, 2.24) is 24.3 Å². The molecule has 0 N–H and O–H groups in total. The normalized spacial score (nSPS) is 18.1. The lowest BCUT2D eigenvalue weighted by Gasteiger charge is -2.31. The number of fused-ring (bicyclic) bond motifs is 1. The highest BCUT2D eigenvalue weighted by molar-refractivity contribution is 7.09. The smallest absolute Gasteiger partial charge is 0.137 e. The number of morpholine rings is 1. The van der Waals surface area contributed by atoms with E-state index in [0.29, 0.717) is 6.61 Å². The molecule has 5 heterocycles. The molecule has 6 nitrogen and oxygen atoms in total. The van der Waals surface area contributed by atoms with Crippen molar-refractivity contribution in [2.24, 2.45) is 0 Å². The first kappa shape index (κ1) is 16.6. The van der Waals surface area contributed by atoms with Crippen LogP contribution >= 0.6 is 11.3 Å². The Morgan fingerprint density at radius 3 is 2.93 bits per heavy atom. The second-order valence-corrected chi connectivity index (χ2v) is 7.54. The van der Waals surface area contributed by atoms with Gasteiger partial charge in [-0.05, 0) is 24.3 Å². The van der Waals surface area contributed by atoms with Gasteiger partial charge in [-0.3, -0.25) is 14.3 Å². The summed E-state index contributed by atoms with van der Waals surface area (Å²) >= 11 is 1.70. The van der Waals surface area contributed by atoms with Gasteiger partial charge in [0.15, 0.2) is 0 Å². The van der Waals surface area contributed by atoms with Gasteiger partial charge >= 0.3 is 0 Å². The second-order valence-electron chi connectivity index (χ2n) is 6.56. The molecular weight excluding hydrogens is 358 g/mol. The maximum absolute atomic E-state index is 6.04. The highest BCUT2D eigenvalue weighted by Gasteiger charge is 2.25. The van der Waals surface area contributed by atoms with Crippen LogP contribution in [0, 0.1) is 0 Å². The maximum atomic E-state index is 6.04. The van der Waals surface area contributed by atoms with Gasteiger partial charge < -0.3 is 4.74 Å². The highest BCUT2D eigenvalue weighted by Crippen LogP contribution is 2.26. The topological polar surface area (TPSA) is 55.5 Å². The molecule has 1 aliphatic heterocycles. The minimum Gasteiger partial charge on any atom is -0.369 e. The standard InChI is InChI=1S/C20H19N5OS/c1-2-17(15-4-6-21-7-5-15)25-12-16(23-19(25)3-1)18-13-24(9-10-26-18)14-20-22-8-11-27-20/h1-8,11-12,18H,9-10,13-14H2/t18-/m1/s1. The van der Waals surface area contributed by atoms with Crippen molar-refractivity contribution in [3.05, 3.63) is 71.2 Å². The van der Waals surface area contributed by atoms with E-state index in [-0.39, 0.29) is 6.10 Å². The lowest BCUT2D eigenvalue weighted by molar-refractivity contribution is -0.0347. The molecule has 7 heteroatoms. The van der Waals surface area contributed by atoms with Crippen LogP contribution in [0.4, 0.5) is 0 Å². The summed E-state index contributed by atoms with van der Waals surface area (Å²) in [6.45, 7) is 3.33. The Labute approximate surface area is 161 Å². The maximum Gasteiger partial charge on any atom is 0.137 e. The fourth-order valence-corrected chi connectivity index (χ4v) is 4.15. The number of hydrogen-bond acceptors (Lipinski definition) is 6. The Balaban J connectivity index is 1.43. The van der Waals surface area contributed by atoms with Crippen LogP contribution in [-0.4, -0.2) is 43.9 Å². The van der Waals surface area contributed by atoms with E-state index in [9.17, 15) is 0 Å². The van der Waals surface area contributed by atoms with Crippen LogP contribution in [0.5, 0.6) is 0 Å². The van der Waals surface area contributed by atoms with Crippen molar-refractivity contribution in [3.63, 3.8) is 0 Å². The van der Waals surface area contributed by atoms with Gasteiger partial charge in [-0.2, -0.15) is 0 Å². The van der Waals surface area contributed by atoms with E-state index in [1.807, 2.05) is 48.2 Å². The number of imidazole rings is 1. The quantitative estimate of drug-likeness (QED) is 0.545. The zero-order valence-corrected chi connectivity index (χ0v) is 15.5. The van der Waals surface area contributed by atoms with Gasteiger partial charge in [0.1, 0.15) is 16.8 Å². The van der Waals surface area contributed by atoms with Crippen molar-refractivity contribution < 1.29 is 4.74 Å². The molecule has 136 valence electrons. The van der Waals surface area contributed by atoms with Crippen molar-refractivity contribution in [1.29, 1.82) is 0 Å². The molecule has 1 saturated heterocycles. The van der Waals surface area contributed by atoms with Crippen molar-refractivity contribution in [2.75, 3.05) is 19.7 Å². The van der Waals surface area contributed by atoms with Crippen LogP contribution in [0.2, 0.25) is 0 Å². The molecule has 0 saturated carbocycles. The van der Waals surface area contributed by atoms with Gasteiger partial charge in [-0.15, -0.1) is 11.3 Å². The molecule has 5 rings (SSSR count). The molecule has 4 aromatic heterocycles. The van der Waals surface area contributed by atoms with Crippen molar-refractivity contribution >= 4 is 17.0 Å². The third-order valence-electron chi connectivity index (χ3n) is 4.81. The summed E-state index contributed by atoms with van der Waals surface area (Å²) < 4.78 is 8.18. The van der Waals surface area contributed by atoms with Gasteiger partial charge in [0.25, 0.3) is 0 Å². The van der Waals surface area contributed by atoms with Gasteiger partial charge in [0.05, 0.1) is 24.5 Å². The number of rotatable bonds is 4. The van der Waals surface area contributed by atoms with Crippen LogP contribution in [0.3, 0.4) is 0 Å². The molecule has 1 atom stereocenters. The summed E-state index contributed by atoms with van der Waals surface area (Å²) in [6, 6.07) is 10.2. The Hall–Kier alpha value is -2.61. The van der Waals surface area contributed by atoms with Crippen LogP contribution in [0.25, 0.3) is 16.9 Å². The third-order valence-corrected chi connectivity index (χ3v) is 5.57. The lowest BCUT2D eigenvalue weighted by Crippen LogP contribution is -2.37. The number of pyridine rings is 2. The molecule has 0 amide bonds. The molecule has 0 bridgehead atoms. The van der Waals surface area contributed by atoms with E-state index in [4.69, 9.17) is 9.72 Å². The molecule has 27 heavy (non-hydrogen) atoms. The summed E-state index contributed by atoms with van der Waals surface area (Å²) in [5.41, 5.74) is 4.12. The fourth-order valence-electron chi connectivity index (χ4n) is 3.49. The van der Waals surface area contributed by atoms with E-state index in [0.717, 1.165) is 47.2 Å². The number of thiazole rings is 1.